The van der Waals surface area contributed by atoms with Crippen molar-refractivity contribution in [2.75, 3.05) is 19.0 Å². The molecule has 0 saturated carbocycles. The Morgan fingerprint density at radius 1 is 1.25 bits per heavy atom. The van der Waals surface area contributed by atoms with Gasteiger partial charge in [0.25, 0.3) is 0 Å². The zero-order valence-corrected chi connectivity index (χ0v) is 13.2. The Hall–Kier alpha value is -0.730. The van der Waals surface area contributed by atoms with E-state index in [0.29, 0.717) is 18.2 Å². The largest absolute Gasteiger partial charge is 0.342 e. The molecule has 2 rings (SSSR count). The monoisotopic (exact) mass is 313 g/mol. The molecule has 0 aromatic heterocycles. The lowest BCUT2D eigenvalue weighted by atomic mass is 9.94. The third-order valence-electron chi connectivity index (χ3n) is 3.89. The minimum absolute atomic E-state index is 0.242. The summed E-state index contributed by atoms with van der Waals surface area (Å²) in [5, 5.41) is 0.761. The molecule has 0 N–H and O–H groups in total. The van der Waals surface area contributed by atoms with E-state index in [4.69, 9.17) is 23.2 Å². The van der Waals surface area contributed by atoms with E-state index in [0.717, 1.165) is 37.4 Å². The normalized spacial score (nSPS) is 19.7. The number of hydrogen-bond acceptors (Lipinski definition) is 1. The van der Waals surface area contributed by atoms with E-state index in [1.807, 2.05) is 17.0 Å². The molecule has 1 fully saturated rings. The molecule has 0 spiro atoms. The van der Waals surface area contributed by atoms with Crippen LogP contribution in [0.1, 0.15) is 43.6 Å². The maximum Gasteiger partial charge on any atom is 0.222 e. The second-order valence-corrected chi connectivity index (χ2v) is 6.19. The van der Waals surface area contributed by atoms with Gasteiger partial charge in [-0.25, -0.2) is 0 Å². The van der Waals surface area contributed by atoms with Crippen molar-refractivity contribution < 1.29 is 4.79 Å². The van der Waals surface area contributed by atoms with Crippen molar-refractivity contribution in [2.24, 2.45) is 0 Å². The highest BCUT2D eigenvalue weighted by Gasteiger charge is 2.22. The maximum atomic E-state index is 12.2. The summed E-state index contributed by atoms with van der Waals surface area (Å²) in [4.78, 5) is 14.2. The third-order valence-corrected chi connectivity index (χ3v) is 4.41. The molecular weight excluding hydrogens is 293 g/mol. The summed E-state index contributed by atoms with van der Waals surface area (Å²) in [6, 6.07) is 8.03. The molecule has 4 heteroatoms. The minimum Gasteiger partial charge on any atom is -0.342 e. The Labute approximate surface area is 131 Å². The van der Waals surface area contributed by atoms with Crippen LogP contribution in [0.3, 0.4) is 0 Å². The van der Waals surface area contributed by atoms with Gasteiger partial charge < -0.3 is 4.90 Å². The smallest absolute Gasteiger partial charge is 0.222 e. The van der Waals surface area contributed by atoms with Gasteiger partial charge in [0, 0.05) is 36.3 Å². The van der Waals surface area contributed by atoms with Crippen LogP contribution in [0.25, 0.3) is 0 Å². The van der Waals surface area contributed by atoms with Gasteiger partial charge in [0.2, 0.25) is 5.91 Å². The highest BCUT2D eigenvalue weighted by Crippen LogP contribution is 2.27. The molecule has 1 aromatic carbocycles. The lowest BCUT2D eigenvalue weighted by molar-refractivity contribution is -0.131. The molecule has 1 amide bonds. The van der Waals surface area contributed by atoms with Gasteiger partial charge in [-0.3, -0.25) is 4.79 Å². The van der Waals surface area contributed by atoms with Crippen molar-refractivity contribution >= 4 is 29.1 Å². The molecule has 20 heavy (non-hydrogen) atoms. The molecule has 1 aliphatic rings. The highest BCUT2D eigenvalue weighted by molar-refractivity contribution is 6.30. The molecule has 1 aromatic rings. The summed E-state index contributed by atoms with van der Waals surface area (Å²) >= 11 is 11.6. The van der Waals surface area contributed by atoms with Gasteiger partial charge >= 0.3 is 0 Å². The predicted octanol–water partition coefficient (Wildman–Crippen LogP) is 4.46. The SMILES string of the molecule is O=C(CCCCl)N1CCCCC(c2ccc(Cl)cc2)C1. The Morgan fingerprint density at radius 2 is 2.00 bits per heavy atom. The van der Waals surface area contributed by atoms with E-state index in [1.165, 1.54) is 12.0 Å². The maximum absolute atomic E-state index is 12.2. The van der Waals surface area contributed by atoms with E-state index in [2.05, 4.69) is 12.1 Å². The van der Waals surface area contributed by atoms with E-state index < -0.39 is 0 Å². The van der Waals surface area contributed by atoms with Crippen LogP contribution < -0.4 is 0 Å². The van der Waals surface area contributed by atoms with Crippen LogP contribution in [0.5, 0.6) is 0 Å². The van der Waals surface area contributed by atoms with Crippen LogP contribution >= 0.6 is 23.2 Å². The lowest BCUT2D eigenvalue weighted by Crippen LogP contribution is -2.34. The Kier molecular flexibility index (Phi) is 6.18. The van der Waals surface area contributed by atoms with Crippen molar-refractivity contribution in [1.29, 1.82) is 0 Å². The summed E-state index contributed by atoms with van der Waals surface area (Å²) in [7, 11) is 0. The summed E-state index contributed by atoms with van der Waals surface area (Å²) in [6.07, 6.45) is 4.74. The van der Waals surface area contributed by atoms with Gasteiger partial charge in [0.1, 0.15) is 0 Å². The van der Waals surface area contributed by atoms with E-state index in [9.17, 15) is 4.79 Å². The van der Waals surface area contributed by atoms with Crippen molar-refractivity contribution in [3.8, 4) is 0 Å². The van der Waals surface area contributed by atoms with Crippen LogP contribution in [0.2, 0.25) is 5.02 Å². The zero-order valence-electron chi connectivity index (χ0n) is 11.7. The molecule has 110 valence electrons. The zero-order chi connectivity index (χ0) is 14.4. The Bertz CT molecular complexity index is 433. The van der Waals surface area contributed by atoms with Gasteiger partial charge in [-0.1, -0.05) is 30.2 Å². The fraction of sp³-hybridized carbons (Fsp3) is 0.562. The van der Waals surface area contributed by atoms with Crippen LogP contribution in [-0.4, -0.2) is 29.8 Å². The minimum atomic E-state index is 0.242. The number of carbonyl (C=O) groups excluding carboxylic acids is 1. The molecule has 1 unspecified atom stereocenters. The number of nitrogens with zero attached hydrogens (tertiary/aromatic N) is 1. The standard InChI is InChI=1S/C16H21Cl2NO/c17-10-3-5-16(20)19-11-2-1-4-14(12-19)13-6-8-15(18)9-7-13/h6-9,14H,1-5,10-12H2. The number of halogens is 2. The molecule has 1 atom stereocenters. The van der Waals surface area contributed by atoms with Crippen molar-refractivity contribution in [3.05, 3.63) is 34.9 Å². The van der Waals surface area contributed by atoms with E-state index in [-0.39, 0.29) is 5.91 Å². The second kappa shape index (κ2) is 7.90. The van der Waals surface area contributed by atoms with Gasteiger partial charge in [0.15, 0.2) is 0 Å². The Balaban J connectivity index is 2.02. The summed E-state index contributed by atoms with van der Waals surface area (Å²) < 4.78 is 0. The number of alkyl halides is 1. The van der Waals surface area contributed by atoms with Crippen molar-refractivity contribution in [1.82, 2.24) is 4.90 Å². The average molecular weight is 314 g/mol. The molecule has 0 radical (unpaired) electrons. The number of benzene rings is 1. The second-order valence-electron chi connectivity index (χ2n) is 5.38. The topological polar surface area (TPSA) is 20.3 Å². The number of amides is 1. The predicted molar refractivity (Wildman–Crippen MR) is 84.6 cm³/mol. The quantitative estimate of drug-likeness (QED) is 0.752. The first-order chi connectivity index (χ1) is 9.70. The third kappa shape index (κ3) is 4.39. The van der Waals surface area contributed by atoms with Crippen LogP contribution in [0.15, 0.2) is 24.3 Å². The Morgan fingerprint density at radius 3 is 2.70 bits per heavy atom. The fourth-order valence-corrected chi connectivity index (χ4v) is 3.01. The van der Waals surface area contributed by atoms with Gasteiger partial charge in [-0.2, -0.15) is 0 Å². The van der Waals surface area contributed by atoms with Crippen molar-refractivity contribution in [2.45, 2.75) is 38.0 Å². The molecule has 0 bridgehead atoms. The summed E-state index contributed by atoms with van der Waals surface area (Å²) in [5.41, 5.74) is 1.28. The number of hydrogen-bond donors (Lipinski definition) is 0. The number of rotatable bonds is 4. The molecule has 0 aliphatic carbocycles. The van der Waals surface area contributed by atoms with Gasteiger partial charge in [-0.05, 0) is 37.0 Å². The van der Waals surface area contributed by atoms with Crippen LogP contribution in [0.4, 0.5) is 0 Å². The average Bonchev–Trinajstić information content (AvgIpc) is 2.71. The molecule has 2 nitrogen and oxygen atoms in total. The summed E-state index contributed by atoms with van der Waals surface area (Å²) in [6.45, 7) is 1.70. The highest BCUT2D eigenvalue weighted by atomic mass is 35.5. The molecular formula is C16H21Cl2NO. The fourth-order valence-electron chi connectivity index (χ4n) is 2.75. The van der Waals surface area contributed by atoms with E-state index in [1.54, 1.807) is 0 Å². The van der Waals surface area contributed by atoms with E-state index >= 15 is 0 Å². The summed E-state index contributed by atoms with van der Waals surface area (Å²) in [5.74, 6) is 1.22. The molecule has 1 heterocycles. The van der Waals surface area contributed by atoms with Crippen LogP contribution in [0, 0.1) is 0 Å². The first-order valence-corrected chi connectivity index (χ1v) is 8.21. The molecule has 1 saturated heterocycles. The van der Waals surface area contributed by atoms with Gasteiger partial charge in [-0.15, -0.1) is 11.6 Å². The number of carbonyl (C=O) groups is 1. The first-order valence-electron chi connectivity index (χ1n) is 7.30. The van der Waals surface area contributed by atoms with Crippen LogP contribution in [-0.2, 0) is 4.79 Å². The van der Waals surface area contributed by atoms with Crippen molar-refractivity contribution in [3.63, 3.8) is 0 Å². The first kappa shape index (κ1) is 15.7. The molecule has 1 aliphatic heterocycles. The van der Waals surface area contributed by atoms with Gasteiger partial charge in [0.05, 0.1) is 0 Å². The lowest BCUT2D eigenvalue weighted by Gasteiger charge is -2.25. The number of likely N-dealkylation sites (tertiary alicyclic amines) is 1.